The van der Waals surface area contributed by atoms with Crippen molar-refractivity contribution >= 4 is 34.0 Å². The van der Waals surface area contributed by atoms with Crippen LogP contribution in [0.3, 0.4) is 0 Å². The highest BCUT2D eigenvalue weighted by Gasteiger charge is 2.06. The van der Waals surface area contributed by atoms with Crippen molar-refractivity contribution in [3.8, 4) is 0 Å². The molecule has 1 unspecified atom stereocenters. The number of nitrogens with one attached hydrogen (secondary N) is 1. The zero-order valence-electron chi connectivity index (χ0n) is 9.56. The average molecular weight is 257 g/mol. The normalized spacial score (nSPS) is 12.4. The minimum absolute atomic E-state index is 0. The van der Waals surface area contributed by atoms with Crippen LogP contribution >= 0.6 is 23.9 Å². The number of hydrogen-bond donors (Lipinski definition) is 1. The Bertz CT molecular complexity index is 441. The van der Waals surface area contributed by atoms with E-state index in [1.165, 1.54) is 15.6 Å². The molecule has 0 amide bonds. The zero-order chi connectivity index (χ0) is 10.7. The van der Waals surface area contributed by atoms with Crippen LogP contribution in [-0.4, -0.2) is 17.0 Å². The first-order valence-electron chi connectivity index (χ1n) is 5.37. The molecule has 0 bridgehead atoms. The highest BCUT2D eigenvalue weighted by molar-refractivity contribution is 7.13. The second-order valence-corrected chi connectivity index (χ2v) is 4.63. The van der Waals surface area contributed by atoms with Gasteiger partial charge >= 0.3 is 0 Å². The van der Waals surface area contributed by atoms with E-state index >= 15 is 0 Å². The average Bonchev–Trinajstić information content (AvgIpc) is 2.67. The van der Waals surface area contributed by atoms with Gasteiger partial charge in [0.25, 0.3) is 0 Å². The molecule has 0 saturated carbocycles. The summed E-state index contributed by atoms with van der Waals surface area (Å²) in [6.07, 6.45) is 3.02. The summed E-state index contributed by atoms with van der Waals surface area (Å²) in [5.41, 5.74) is 1.41. The van der Waals surface area contributed by atoms with E-state index in [0.29, 0.717) is 6.04 Å². The van der Waals surface area contributed by atoms with Gasteiger partial charge in [-0.15, -0.1) is 12.4 Å². The van der Waals surface area contributed by atoms with Gasteiger partial charge in [0.15, 0.2) is 0 Å². The molecule has 4 heteroatoms. The van der Waals surface area contributed by atoms with E-state index in [1.54, 1.807) is 11.5 Å². The van der Waals surface area contributed by atoms with Gasteiger partial charge in [-0.05, 0) is 37.0 Å². The molecule has 1 atom stereocenters. The first-order valence-corrected chi connectivity index (χ1v) is 6.14. The highest BCUT2D eigenvalue weighted by Crippen LogP contribution is 2.23. The van der Waals surface area contributed by atoms with Crippen LogP contribution in [-0.2, 0) is 6.42 Å². The maximum Gasteiger partial charge on any atom is 0.0582 e. The van der Waals surface area contributed by atoms with E-state index < -0.39 is 0 Å². The monoisotopic (exact) mass is 256 g/mol. The first-order chi connectivity index (χ1) is 7.31. The second-order valence-electron chi connectivity index (χ2n) is 3.82. The first kappa shape index (κ1) is 13.4. The van der Waals surface area contributed by atoms with Crippen LogP contribution < -0.4 is 5.32 Å². The lowest BCUT2D eigenvalue weighted by Crippen LogP contribution is -2.27. The van der Waals surface area contributed by atoms with Crippen molar-refractivity contribution < 1.29 is 0 Å². The molecule has 2 rings (SSSR count). The number of rotatable bonds is 4. The van der Waals surface area contributed by atoms with Gasteiger partial charge in [-0.1, -0.05) is 25.1 Å². The summed E-state index contributed by atoms with van der Waals surface area (Å²) in [7, 11) is 0. The predicted molar refractivity (Wildman–Crippen MR) is 73.7 cm³/mol. The molecule has 2 aromatic rings. The molecule has 2 nitrogen and oxygen atoms in total. The van der Waals surface area contributed by atoms with Gasteiger partial charge in [0.2, 0.25) is 0 Å². The van der Waals surface area contributed by atoms with Crippen LogP contribution in [0.1, 0.15) is 19.4 Å². The molecule has 0 aliphatic carbocycles. The topological polar surface area (TPSA) is 24.9 Å². The molecule has 1 aromatic carbocycles. The molecule has 0 aliphatic heterocycles. The minimum Gasteiger partial charge on any atom is -0.314 e. The third-order valence-electron chi connectivity index (χ3n) is 2.54. The van der Waals surface area contributed by atoms with Crippen LogP contribution in [0.15, 0.2) is 24.4 Å². The van der Waals surface area contributed by atoms with Crippen molar-refractivity contribution in [3.05, 3.63) is 30.0 Å². The quantitative estimate of drug-likeness (QED) is 0.908. The summed E-state index contributed by atoms with van der Waals surface area (Å²) in [6, 6.07) is 6.97. The molecule has 88 valence electrons. The third-order valence-corrected chi connectivity index (χ3v) is 3.43. The van der Waals surface area contributed by atoms with Crippen LogP contribution in [0.25, 0.3) is 10.1 Å². The van der Waals surface area contributed by atoms with E-state index in [-0.39, 0.29) is 12.4 Å². The summed E-state index contributed by atoms with van der Waals surface area (Å²) in [5, 5.41) is 4.70. The van der Waals surface area contributed by atoms with Crippen molar-refractivity contribution in [1.82, 2.24) is 9.69 Å². The number of nitrogens with zero attached hydrogens (tertiary/aromatic N) is 1. The molecule has 0 spiro atoms. The Balaban J connectivity index is 0.00000128. The summed E-state index contributed by atoms with van der Waals surface area (Å²) < 4.78 is 5.57. The van der Waals surface area contributed by atoms with E-state index in [2.05, 4.69) is 41.7 Å². The molecule has 0 aliphatic rings. The maximum absolute atomic E-state index is 4.24. The Labute approximate surface area is 107 Å². The van der Waals surface area contributed by atoms with Crippen molar-refractivity contribution in [1.29, 1.82) is 0 Å². The summed E-state index contributed by atoms with van der Waals surface area (Å²) in [6.45, 7) is 5.40. The Morgan fingerprint density at radius 1 is 1.44 bits per heavy atom. The number of likely N-dealkylation sites (N-methyl/N-ethyl adjacent to an activating group) is 1. The van der Waals surface area contributed by atoms with Gasteiger partial charge in [0, 0.05) is 17.6 Å². The van der Waals surface area contributed by atoms with Crippen LogP contribution in [0.2, 0.25) is 0 Å². The fourth-order valence-corrected chi connectivity index (χ4v) is 2.63. The number of aromatic nitrogens is 1. The summed E-state index contributed by atoms with van der Waals surface area (Å²) in [4.78, 5) is 0. The van der Waals surface area contributed by atoms with Crippen molar-refractivity contribution in [3.63, 3.8) is 0 Å². The van der Waals surface area contributed by atoms with Crippen molar-refractivity contribution in [2.75, 3.05) is 6.54 Å². The molecular formula is C12H17ClN2S. The number of fused-ring (bicyclic) bond motifs is 1. The Kier molecular flexibility index (Phi) is 5.19. The van der Waals surface area contributed by atoms with Gasteiger partial charge < -0.3 is 5.32 Å². The Morgan fingerprint density at radius 2 is 2.25 bits per heavy atom. The van der Waals surface area contributed by atoms with Gasteiger partial charge in [-0.3, -0.25) is 0 Å². The van der Waals surface area contributed by atoms with Crippen LogP contribution in [0.5, 0.6) is 0 Å². The lowest BCUT2D eigenvalue weighted by atomic mass is 10.1. The van der Waals surface area contributed by atoms with E-state index in [1.807, 2.05) is 6.20 Å². The SMILES string of the molecule is CCNC(C)Cc1cccc2cnsc12.Cl. The molecular weight excluding hydrogens is 240 g/mol. The van der Waals surface area contributed by atoms with Gasteiger partial charge in [-0.25, -0.2) is 0 Å². The molecule has 1 heterocycles. The smallest absolute Gasteiger partial charge is 0.0582 e. The van der Waals surface area contributed by atoms with Crippen molar-refractivity contribution in [2.45, 2.75) is 26.3 Å². The van der Waals surface area contributed by atoms with Crippen LogP contribution in [0, 0.1) is 0 Å². The summed E-state index contributed by atoms with van der Waals surface area (Å²) in [5.74, 6) is 0. The molecule has 0 saturated heterocycles. The number of benzene rings is 1. The predicted octanol–water partition coefficient (Wildman–Crippen LogP) is 3.26. The lowest BCUT2D eigenvalue weighted by Gasteiger charge is -2.12. The van der Waals surface area contributed by atoms with Gasteiger partial charge in [-0.2, -0.15) is 4.37 Å². The van der Waals surface area contributed by atoms with E-state index in [0.717, 1.165) is 13.0 Å². The fraction of sp³-hybridized carbons (Fsp3) is 0.417. The molecule has 0 fully saturated rings. The fourth-order valence-electron chi connectivity index (χ4n) is 1.86. The number of hydrogen-bond acceptors (Lipinski definition) is 3. The largest absolute Gasteiger partial charge is 0.314 e. The lowest BCUT2D eigenvalue weighted by molar-refractivity contribution is 0.567. The second kappa shape index (κ2) is 6.18. The minimum atomic E-state index is 0. The van der Waals surface area contributed by atoms with E-state index in [4.69, 9.17) is 0 Å². The van der Waals surface area contributed by atoms with Crippen molar-refractivity contribution in [2.24, 2.45) is 0 Å². The Morgan fingerprint density at radius 3 is 3.00 bits per heavy atom. The maximum atomic E-state index is 4.24. The highest BCUT2D eigenvalue weighted by atomic mass is 35.5. The summed E-state index contributed by atoms with van der Waals surface area (Å²) >= 11 is 1.60. The zero-order valence-corrected chi connectivity index (χ0v) is 11.2. The molecule has 1 aromatic heterocycles. The molecule has 0 radical (unpaired) electrons. The number of halogens is 1. The van der Waals surface area contributed by atoms with Gasteiger partial charge in [0.1, 0.15) is 0 Å². The van der Waals surface area contributed by atoms with Gasteiger partial charge in [0.05, 0.1) is 4.70 Å². The molecule has 1 N–H and O–H groups in total. The van der Waals surface area contributed by atoms with E-state index in [9.17, 15) is 0 Å². The standard InChI is InChI=1S/C12H16N2S.ClH/c1-3-13-9(2)7-10-5-4-6-11-8-14-15-12(10)11;/h4-6,8-9,13H,3,7H2,1-2H3;1H. The Hall–Kier alpha value is -0.640. The van der Waals surface area contributed by atoms with Crippen LogP contribution in [0.4, 0.5) is 0 Å². The molecule has 16 heavy (non-hydrogen) atoms. The third kappa shape index (κ3) is 2.94.